The fourth-order valence-electron chi connectivity index (χ4n) is 2.98. The Morgan fingerprint density at radius 3 is 2.62 bits per heavy atom. The molecule has 12 heteroatoms. The summed E-state index contributed by atoms with van der Waals surface area (Å²) in [4.78, 5) is 23.6. The smallest absolute Gasteiger partial charge is 0.335 e. The average molecular weight is 495 g/mol. The van der Waals surface area contributed by atoms with E-state index in [1.807, 2.05) is 0 Å². The van der Waals surface area contributed by atoms with Crippen molar-refractivity contribution in [2.75, 3.05) is 23.5 Å². The van der Waals surface area contributed by atoms with Gasteiger partial charge in [-0.2, -0.15) is 0 Å². The number of nitrogens with zero attached hydrogens (tertiary/aromatic N) is 1. The van der Waals surface area contributed by atoms with Gasteiger partial charge in [-0.1, -0.05) is 17.7 Å². The minimum absolute atomic E-state index is 0.0256. The van der Waals surface area contributed by atoms with Gasteiger partial charge in [-0.05, 0) is 36.4 Å². The first-order valence-corrected chi connectivity index (χ1v) is 11.6. The first-order valence-electron chi connectivity index (χ1n) is 8.99. The number of aromatic carboxylic acids is 1. The van der Waals surface area contributed by atoms with Crippen molar-refractivity contribution in [2.24, 2.45) is 0 Å². The second-order valence-electron chi connectivity index (χ2n) is 6.59. The Bertz CT molecular complexity index is 1340. The number of ether oxygens (including phenoxy) is 2. The largest absolute Gasteiger partial charge is 0.478 e. The van der Waals surface area contributed by atoms with Gasteiger partial charge in [0.1, 0.15) is 9.77 Å². The molecule has 2 aromatic carbocycles. The number of sulfonamides is 1. The summed E-state index contributed by atoms with van der Waals surface area (Å²) in [7, 11) is -2.83. The standard InChI is InChI=1S/C20H15ClN2O7S2/c1-23(13-5-6-14-15(8-13)30-10-29-14)32(27,28)16-9-17(21)31-18(16)19(24)22-12-4-2-3-11(7-12)20(25)26/h2-9H,10H2,1H3,(H,22,24)(H,25,26). The highest BCUT2D eigenvalue weighted by atomic mass is 35.5. The predicted octanol–water partition coefficient (Wildman–Crippen LogP) is 3.91. The van der Waals surface area contributed by atoms with E-state index in [2.05, 4.69) is 5.32 Å². The first-order chi connectivity index (χ1) is 15.2. The van der Waals surface area contributed by atoms with Crippen LogP contribution in [0.4, 0.5) is 11.4 Å². The topological polar surface area (TPSA) is 122 Å². The maximum Gasteiger partial charge on any atom is 0.335 e. The van der Waals surface area contributed by atoms with Crippen molar-refractivity contribution in [2.45, 2.75) is 4.90 Å². The molecule has 1 aromatic heterocycles. The lowest BCUT2D eigenvalue weighted by Crippen LogP contribution is -2.28. The van der Waals surface area contributed by atoms with Crippen LogP contribution in [0.2, 0.25) is 4.34 Å². The van der Waals surface area contributed by atoms with E-state index in [-0.39, 0.29) is 32.2 Å². The van der Waals surface area contributed by atoms with E-state index in [0.29, 0.717) is 17.2 Å². The van der Waals surface area contributed by atoms with Crippen molar-refractivity contribution < 1.29 is 32.6 Å². The summed E-state index contributed by atoms with van der Waals surface area (Å²) < 4.78 is 38.3. The molecule has 9 nitrogen and oxygen atoms in total. The quantitative estimate of drug-likeness (QED) is 0.532. The number of fused-ring (bicyclic) bond motifs is 1. The van der Waals surface area contributed by atoms with Crippen LogP contribution in [0, 0.1) is 0 Å². The zero-order valence-corrected chi connectivity index (χ0v) is 18.8. The van der Waals surface area contributed by atoms with Crippen LogP contribution in [-0.4, -0.2) is 39.2 Å². The van der Waals surface area contributed by atoms with Gasteiger partial charge in [0.2, 0.25) is 6.79 Å². The Labute approximate surface area is 191 Å². The van der Waals surface area contributed by atoms with Gasteiger partial charge >= 0.3 is 5.97 Å². The van der Waals surface area contributed by atoms with Gasteiger partial charge in [0.25, 0.3) is 15.9 Å². The van der Waals surface area contributed by atoms with Crippen molar-refractivity contribution in [3.05, 3.63) is 63.3 Å². The molecule has 0 atom stereocenters. The monoisotopic (exact) mass is 494 g/mol. The number of rotatable bonds is 6. The van der Waals surface area contributed by atoms with Crippen LogP contribution in [0.5, 0.6) is 11.5 Å². The average Bonchev–Trinajstić information content (AvgIpc) is 3.39. The molecule has 1 aliphatic rings. The second-order valence-corrected chi connectivity index (χ2v) is 10.2. The Kier molecular flexibility index (Phi) is 5.71. The molecule has 32 heavy (non-hydrogen) atoms. The number of carbonyl (C=O) groups is 2. The van der Waals surface area contributed by atoms with Crippen molar-refractivity contribution >= 4 is 56.2 Å². The number of carboxylic acid groups (broad SMARTS) is 1. The summed E-state index contributed by atoms with van der Waals surface area (Å²) in [5.74, 6) is -0.984. The number of anilines is 2. The third-order valence-corrected chi connectivity index (χ3v) is 7.80. The predicted molar refractivity (Wildman–Crippen MR) is 119 cm³/mol. The fourth-order valence-corrected chi connectivity index (χ4v) is 5.86. The molecule has 4 rings (SSSR count). The minimum Gasteiger partial charge on any atom is -0.478 e. The van der Waals surface area contributed by atoms with Gasteiger partial charge in [-0.25, -0.2) is 13.2 Å². The van der Waals surface area contributed by atoms with E-state index in [9.17, 15) is 18.0 Å². The lowest BCUT2D eigenvalue weighted by Gasteiger charge is -2.20. The molecular formula is C20H15ClN2O7S2. The summed E-state index contributed by atoms with van der Waals surface area (Å²) in [5.41, 5.74) is 0.478. The molecule has 0 unspecified atom stereocenters. The molecule has 3 aromatic rings. The van der Waals surface area contributed by atoms with E-state index < -0.39 is 21.9 Å². The number of carboxylic acids is 1. The van der Waals surface area contributed by atoms with E-state index in [1.54, 1.807) is 12.1 Å². The van der Waals surface area contributed by atoms with Crippen LogP contribution in [0.25, 0.3) is 0 Å². The molecular weight excluding hydrogens is 480 g/mol. The van der Waals surface area contributed by atoms with Gasteiger partial charge in [0, 0.05) is 18.8 Å². The van der Waals surface area contributed by atoms with E-state index in [4.69, 9.17) is 26.2 Å². The summed E-state index contributed by atoms with van der Waals surface area (Å²) >= 11 is 6.85. The highest BCUT2D eigenvalue weighted by molar-refractivity contribution is 7.93. The number of hydrogen-bond acceptors (Lipinski definition) is 7. The first kappa shape index (κ1) is 21.9. The molecule has 166 valence electrons. The molecule has 2 heterocycles. The number of hydrogen-bond donors (Lipinski definition) is 2. The van der Waals surface area contributed by atoms with Crippen LogP contribution in [0.1, 0.15) is 20.0 Å². The Balaban J connectivity index is 1.65. The summed E-state index contributed by atoms with van der Waals surface area (Å²) in [6.07, 6.45) is 0. The molecule has 1 amide bonds. The molecule has 0 saturated heterocycles. The van der Waals surface area contributed by atoms with Gasteiger partial charge in [-0.3, -0.25) is 9.10 Å². The highest BCUT2D eigenvalue weighted by Gasteiger charge is 2.31. The van der Waals surface area contributed by atoms with E-state index in [0.717, 1.165) is 15.6 Å². The maximum absolute atomic E-state index is 13.3. The number of carbonyl (C=O) groups excluding carboxylic acids is 1. The summed E-state index contributed by atoms with van der Waals surface area (Å²) in [6.45, 7) is 0.0444. The molecule has 0 saturated carbocycles. The summed E-state index contributed by atoms with van der Waals surface area (Å²) in [6, 6.07) is 11.5. The third kappa shape index (κ3) is 4.09. The van der Waals surface area contributed by atoms with Crippen molar-refractivity contribution in [3.8, 4) is 11.5 Å². The van der Waals surface area contributed by atoms with Gasteiger partial charge < -0.3 is 19.9 Å². The Hall–Kier alpha value is -3.28. The minimum atomic E-state index is -4.17. The van der Waals surface area contributed by atoms with Crippen LogP contribution >= 0.6 is 22.9 Å². The van der Waals surface area contributed by atoms with Gasteiger partial charge in [0.05, 0.1) is 15.6 Å². The molecule has 0 fully saturated rings. The van der Waals surface area contributed by atoms with Crippen molar-refractivity contribution in [1.29, 1.82) is 0 Å². The SMILES string of the molecule is CN(c1ccc2c(c1)OCO2)S(=O)(=O)c1cc(Cl)sc1C(=O)Nc1cccc(C(=O)O)c1. The lowest BCUT2D eigenvalue weighted by atomic mass is 10.2. The molecule has 0 aliphatic carbocycles. The Morgan fingerprint density at radius 2 is 1.88 bits per heavy atom. The van der Waals surface area contributed by atoms with Gasteiger partial charge in [0.15, 0.2) is 11.5 Å². The van der Waals surface area contributed by atoms with Crippen LogP contribution in [-0.2, 0) is 10.0 Å². The highest BCUT2D eigenvalue weighted by Crippen LogP contribution is 2.38. The third-order valence-electron chi connectivity index (χ3n) is 4.60. The van der Waals surface area contributed by atoms with Crippen LogP contribution < -0.4 is 19.1 Å². The van der Waals surface area contributed by atoms with Gasteiger partial charge in [-0.15, -0.1) is 11.3 Å². The number of nitrogens with one attached hydrogen (secondary N) is 1. The number of benzene rings is 2. The van der Waals surface area contributed by atoms with Crippen molar-refractivity contribution in [3.63, 3.8) is 0 Å². The number of halogens is 1. The zero-order chi connectivity index (χ0) is 23.0. The van der Waals surface area contributed by atoms with Crippen LogP contribution in [0.3, 0.4) is 0 Å². The zero-order valence-electron chi connectivity index (χ0n) is 16.4. The molecule has 0 spiro atoms. The van der Waals surface area contributed by atoms with Crippen molar-refractivity contribution in [1.82, 2.24) is 0 Å². The Morgan fingerprint density at radius 1 is 1.12 bits per heavy atom. The number of thiophene rings is 1. The summed E-state index contributed by atoms with van der Waals surface area (Å²) in [5, 5.41) is 11.6. The normalized spacial score (nSPS) is 12.4. The molecule has 2 N–H and O–H groups in total. The van der Waals surface area contributed by atoms with E-state index >= 15 is 0 Å². The lowest BCUT2D eigenvalue weighted by molar-refractivity contribution is 0.0696. The molecule has 0 bridgehead atoms. The molecule has 1 aliphatic heterocycles. The molecule has 0 radical (unpaired) electrons. The van der Waals surface area contributed by atoms with E-state index in [1.165, 1.54) is 43.4 Å². The second kappa shape index (κ2) is 8.34. The van der Waals surface area contributed by atoms with Crippen LogP contribution in [0.15, 0.2) is 53.4 Å². The maximum atomic E-state index is 13.3. The fraction of sp³-hybridized carbons (Fsp3) is 0.100. The number of amides is 1.